The van der Waals surface area contributed by atoms with Gasteiger partial charge < -0.3 is 0 Å². The van der Waals surface area contributed by atoms with E-state index in [4.69, 9.17) is 0 Å². The standard InChI is InChI=1S/C18H22OSi/c1-15(19)18-12-8-7-9-16(18)13-14-20(2,3)17-10-5-4-6-11-17/h4-12H,13-14H2,1-3H3. The Balaban J connectivity index is 2.15. The lowest BCUT2D eigenvalue weighted by Crippen LogP contribution is -2.41. The van der Waals surface area contributed by atoms with Crippen LogP contribution < -0.4 is 5.19 Å². The van der Waals surface area contributed by atoms with Crippen LogP contribution in [0.3, 0.4) is 0 Å². The van der Waals surface area contributed by atoms with Gasteiger partial charge in [-0.15, -0.1) is 0 Å². The minimum absolute atomic E-state index is 0.166. The van der Waals surface area contributed by atoms with Crippen molar-refractivity contribution < 1.29 is 4.79 Å². The molecule has 0 N–H and O–H groups in total. The number of ketones is 1. The van der Waals surface area contributed by atoms with Crippen molar-refractivity contribution in [2.75, 3.05) is 0 Å². The quantitative estimate of drug-likeness (QED) is 0.597. The molecular weight excluding hydrogens is 260 g/mol. The van der Waals surface area contributed by atoms with E-state index in [2.05, 4.69) is 49.5 Å². The molecule has 0 atom stereocenters. The topological polar surface area (TPSA) is 17.1 Å². The second-order valence-electron chi connectivity index (χ2n) is 5.96. The van der Waals surface area contributed by atoms with Gasteiger partial charge in [0.05, 0.1) is 8.07 Å². The zero-order valence-electron chi connectivity index (χ0n) is 12.5. The van der Waals surface area contributed by atoms with Gasteiger partial charge in [-0.1, -0.05) is 72.9 Å². The first-order valence-electron chi connectivity index (χ1n) is 7.15. The van der Waals surface area contributed by atoms with Gasteiger partial charge in [0.1, 0.15) is 0 Å². The van der Waals surface area contributed by atoms with Gasteiger partial charge in [0.25, 0.3) is 0 Å². The van der Waals surface area contributed by atoms with E-state index < -0.39 is 8.07 Å². The molecule has 20 heavy (non-hydrogen) atoms. The van der Waals surface area contributed by atoms with Crippen molar-refractivity contribution in [2.45, 2.75) is 32.5 Å². The summed E-state index contributed by atoms with van der Waals surface area (Å²) in [5.41, 5.74) is 2.07. The second kappa shape index (κ2) is 6.19. The van der Waals surface area contributed by atoms with Gasteiger partial charge in [0.15, 0.2) is 5.78 Å². The highest BCUT2D eigenvalue weighted by Crippen LogP contribution is 2.18. The van der Waals surface area contributed by atoms with Crippen molar-refractivity contribution >= 4 is 19.0 Å². The molecule has 1 nitrogen and oxygen atoms in total. The first-order valence-corrected chi connectivity index (χ1v) is 10.4. The Labute approximate surface area is 122 Å². The number of carbonyl (C=O) groups is 1. The van der Waals surface area contributed by atoms with E-state index in [9.17, 15) is 4.79 Å². The van der Waals surface area contributed by atoms with Gasteiger partial charge in [0.2, 0.25) is 0 Å². The van der Waals surface area contributed by atoms with Crippen LogP contribution in [0.15, 0.2) is 54.6 Å². The van der Waals surface area contributed by atoms with Crippen LogP contribution in [0.4, 0.5) is 0 Å². The third-order valence-corrected chi connectivity index (χ3v) is 7.37. The Morgan fingerprint density at radius 1 is 0.950 bits per heavy atom. The summed E-state index contributed by atoms with van der Waals surface area (Å²) in [5.74, 6) is 0.166. The molecule has 0 saturated carbocycles. The minimum Gasteiger partial charge on any atom is -0.295 e. The van der Waals surface area contributed by atoms with Crippen LogP contribution in [0.5, 0.6) is 0 Å². The number of aryl methyl sites for hydroxylation is 1. The maximum atomic E-state index is 11.7. The maximum absolute atomic E-state index is 11.7. The van der Waals surface area contributed by atoms with Crippen molar-refractivity contribution in [3.05, 3.63) is 65.7 Å². The zero-order valence-corrected chi connectivity index (χ0v) is 13.5. The van der Waals surface area contributed by atoms with Gasteiger partial charge >= 0.3 is 0 Å². The van der Waals surface area contributed by atoms with Gasteiger partial charge in [0, 0.05) is 5.56 Å². The Kier molecular flexibility index (Phi) is 4.56. The highest BCUT2D eigenvalue weighted by Gasteiger charge is 2.23. The molecule has 0 amide bonds. The summed E-state index contributed by atoms with van der Waals surface area (Å²) in [6, 6.07) is 20.0. The van der Waals surface area contributed by atoms with Crippen LogP contribution in [-0.2, 0) is 6.42 Å². The molecule has 0 aliphatic carbocycles. The third kappa shape index (κ3) is 3.45. The lowest BCUT2D eigenvalue weighted by Gasteiger charge is -2.23. The fourth-order valence-electron chi connectivity index (χ4n) is 2.56. The fourth-order valence-corrected chi connectivity index (χ4v) is 4.84. The van der Waals surface area contributed by atoms with Crippen LogP contribution >= 0.6 is 0 Å². The first-order chi connectivity index (χ1) is 9.50. The third-order valence-electron chi connectivity index (χ3n) is 3.97. The van der Waals surface area contributed by atoms with Crippen LogP contribution in [0.2, 0.25) is 19.1 Å². The summed E-state index contributed by atoms with van der Waals surface area (Å²) < 4.78 is 0. The van der Waals surface area contributed by atoms with Crippen molar-refractivity contribution in [1.82, 2.24) is 0 Å². The Bertz CT molecular complexity index is 587. The Morgan fingerprint density at radius 2 is 1.55 bits per heavy atom. The van der Waals surface area contributed by atoms with Crippen LogP contribution in [0.1, 0.15) is 22.8 Å². The molecule has 2 heteroatoms. The number of benzene rings is 2. The summed E-state index contributed by atoms with van der Waals surface area (Å²) >= 11 is 0. The molecule has 0 heterocycles. The van der Waals surface area contributed by atoms with E-state index in [-0.39, 0.29) is 5.78 Å². The number of rotatable bonds is 5. The molecule has 0 aromatic heterocycles. The molecule has 0 unspecified atom stereocenters. The van der Waals surface area contributed by atoms with E-state index in [1.165, 1.54) is 16.8 Å². The van der Waals surface area contributed by atoms with E-state index in [1.54, 1.807) is 6.92 Å². The number of Topliss-reactive ketones (excluding diaryl/α,β-unsaturated/α-hetero) is 1. The fraction of sp³-hybridized carbons (Fsp3) is 0.278. The SMILES string of the molecule is CC(=O)c1ccccc1CC[Si](C)(C)c1ccccc1. The maximum Gasteiger partial charge on any atom is 0.160 e. The van der Waals surface area contributed by atoms with Crippen LogP contribution in [-0.4, -0.2) is 13.9 Å². The van der Waals surface area contributed by atoms with Crippen molar-refractivity contribution in [3.8, 4) is 0 Å². The first kappa shape index (κ1) is 14.7. The second-order valence-corrected chi connectivity index (χ2v) is 10.8. The molecule has 0 bridgehead atoms. The molecule has 0 saturated heterocycles. The summed E-state index contributed by atoms with van der Waals surface area (Å²) in [5, 5.41) is 1.49. The molecule has 0 aliphatic heterocycles. The van der Waals surface area contributed by atoms with Crippen LogP contribution in [0.25, 0.3) is 0 Å². The lowest BCUT2D eigenvalue weighted by atomic mass is 10.0. The van der Waals surface area contributed by atoms with Crippen molar-refractivity contribution in [3.63, 3.8) is 0 Å². The average molecular weight is 282 g/mol. The number of carbonyl (C=O) groups excluding carboxylic acids is 1. The molecule has 2 rings (SSSR count). The summed E-state index contributed by atoms with van der Waals surface area (Å²) in [4.78, 5) is 11.7. The highest BCUT2D eigenvalue weighted by atomic mass is 28.3. The highest BCUT2D eigenvalue weighted by molar-refractivity contribution is 6.89. The smallest absolute Gasteiger partial charge is 0.160 e. The minimum atomic E-state index is -1.43. The molecule has 0 aliphatic rings. The van der Waals surface area contributed by atoms with Gasteiger partial charge in [-0.25, -0.2) is 0 Å². The normalized spacial score (nSPS) is 11.3. The molecule has 0 spiro atoms. The van der Waals surface area contributed by atoms with Gasteiger partial charge in [-0.05, 0) is 25.0 Å². The van der Waals surface area contributed by atoms with Crippen molar-refractivity contribution in [2.24, 2.45) is 0 Å². The van der Waals surface area contributed by atoms with Crippen molar-refractivity contribution in [1.29, 1.82) is 0 Å². The van der Waals surface area contributed by atoms with E-state index in [0.717, 1.165) is 12.0 Å². The molecule has 2 aromatic carbocycles. The summed E-state index contributed by atoms with van der Waals surface area (Å²) in [7, 11) is -1.43. The van der Waals surface area contributed by atoms with E-state index >= 15 is 0 Å². The van der Waals surface area contributed by atoms with Crippen LogP contribution in [0, 0.1) is 0 Å². The molecule has 2 aromatic rings. The van der Waals surface area contributed by atoms with Gasteiger partial charge in [-0.2, -0.15) is 0 Å². The molecule has 0 fully saturated rings. The van der Waals surface area contributed by atoms with E-state index in [1.807, 2.05) is 18.2 Å². The largest absolute Gasteiger partial charge is 0.295 e. The summed E-state index contributed by atoms with van der Waals surface area (Å²) in [6.45, 7) is 6.45. The summed E-state index contributed by atoms with van der Waals surface area (Å²) in [6.07, 6.45) is 0.990. The van der Waals surface area contributed by atoms with Gasteiger partial charge in [-0.3, -0.25) is 4.79 Å². The monoisotopic (exact) mass is 282 g/mol. The Hall–Kier alpha value is -1.67. The molecular formula is C18H22OSi. The average Bonchev–Trinajstić information content (AvgIpc) is 2.46. The molecule has 0 radical (unpaired) electrons. The predicted octanol–water partition coefficient (Wildman–Crippen LogP) is 4.05. The lowest BCUT2D eigenvalue weighted by molar-refractivity contribution is 0.101. The predicted molar refractivity (Wildman–Crippen MR) is 88.5 cm³/mol. The number of hydrogen-bond donors (Lipinski definition) is 0. The zero-order chi connectivity index (χ0) is 14.6. The van der Waals surface area contributed by atoms with E-state index in [0.29, 0.717) is 0 Å². The molecule has 104 valence electrons. The Morgan fingerprint density at radius 3 is 2.20 bits per heavy atom. The number of hydrogen-bond acceptors (Lipinski definition) is 1.